The highest BCUT2D eigenvalue weighted by Crippen LogP contribution is 2.41. The number of aryl methyl sites for hydroxylation is 1. The second kappa shape index (κ2) is 8.12. The molecule has 29 heavy (non-hydrogen) atoms. The Morgan fingerprint density at radius 3 is 2.55 bits per heavy atom. The van der Waals surface area contributed by atoms with Crippen LogP contribution < -0.4 is 10.5 Å². The molecule has 1 aromatic heterocycles. The molecule has 0 saturated carbocycles. The van der Waals surface area contributed by atoms with E-state index >= 15 is 0 Å². The van der Waals surface area contributed by atoms with Gasteiger partial charge in [-0.1, -0.05) is 24.3 Å². The molecule has 0 atom stereocenters. The number of alkyl halides is 3. The number of methoxy groups -OCH3 is 1. The monoisotopic (exact) mass is 423 g/mol. The molecule has 152 valence electrons. The minimum atomic E-state index is -4.83. The van der Waals surface area contributed by atoms with Gasteiger partial charge in [0.05, 0.1) is 7.11 Å². The Labute approximate surface area is 167 Å². The van der Waals surface area contributed by atoms with E-state index in [9.17, 15) is 22.8 Å². The number of esters is 1. The fraction of sp³-hybridized carbons (Fsp3) is 0.200. The molecule has 3 aromatic rings. The number of ether oxygens (including phenoxy) is 2. The third-order valence-corrected chi connectivity index (χ3v) is 5.36. The first-order valence-corrected chi connectivity index (χ1v) is 9.28. The Kier molecular flexibility index (Phi) is 5.78. The van der Waals surface area contributed by atoms with Crippen molar-refractivity contribution in [3.63, 3.8) is 0 Å². The van der Waals surface area contributed by atoms with Crippen LogP contribution >= 0.6 is 11.3 Å². The molecule has 0 aliphatic rings. The number of thiophene rings is 1. The molecule has 0 spiro atoms. The highest BCUT2D eigenvalue weighted by atomic mass is 32.1. The number of carbonyl (C=O) groups excluding carboxylic acids is 2. The molecule has 0 fully saturated rings. The average Bonchev–Trinajstić information content (AvgIpc) is 3.04. The van der Waals surface area contributed by atoms with Crippen molar-refractivity contribution >= 4 is 33.3 Å². The molecular weight excluding hydrogens is 407 g/mol. The van der Waals surface area contributed by atoms with Crippen LogP contribution in [0.1, 0.15) is 21.7 Å². The maximum atomic E-state index is 12.6. The van der Waals surface area contributed by atoms with Crippen LogP contribution in [0.15, 0.2) is 42.5 Å². The summed E-state index contributed by atoms with van der Waals surface area (Å²) >= 11 is 1.10. The first kappa shape index (κ1) is 20.7. The Morgan fingerprint density at radius 1 is 1.14 bits per heavy atom. The number of rotatable bonds is 6. The van der Waals surface area contributed by atoms with Gasteiger partial charge in [0.1, 0.15) is 10.6 Å². The smallest absolute Gasteiger partial charge is 0.469 e. The molecule has 1 amide bonds. The summed E-state index contributed by atoms with van der Waals surface area (Å²) < 4.78 is 47.0. The number of hydrogen-bond acceptors (Lipinski definition) is 5. The first-order valence-electron chi connectivity index (χ1n) is 8.46. The Morgan fingerprint density at radius 2 is 1.90 bits per heavy atom. The maximum absolute atomic E-state index is 12.6. The van der Waals surface area contributed by atoms with E-state index in [1.54, 1.807) is 18.2 Å². The van der Waals surface area contributed by atoms with Crippen molar-refractivity contribution in [3.05, 3.63) is 52.9 Å². The van der Waals surface area contributed by atoms with Crippen LogP contribution in [-0.2, 0) is 16.0 Å². The molecule has 1 heterocycles. The van der Waals surface area contributed by atoms with Crippen LogP contribution in [0.25, 0.3) is 21.2 Å². The summed E-state index contributed by atoms with van der Waals surface area (Å²) in [5, 5.41) is 0.427. The van der Waals surface area contributed by atoms with Gasteiger partial charge in [-0.15, -0.1) is 24.5 Å². The van der Waals surface area contributed by atoms with Crippen LogP contribution in [0.5, 0.6) is 5.75 Å². The highest BCUT2D eigenvalue weighted by molar-refractivity contribution is 7.21. The number of primary amides is 1. The van der Waals surface area contributed by atoms with Gasteiger partial charge in [-0.25, -0.2) is 0 Å². The molecule has 0 unspecified atom stereocenters. The molecule has 9 heteroatoms. The summed E-state index contributed by atoms with van der Waals surface area (Å²) in [6.45, 7) is 0. The van der Waals surface area contributed by atoms with Crippen molar-refractivity contribution in [1.82, 2.24) is 0 Å². The summed E-state index contributed by atoms with van der Waals surface area (Å²) in [4.78, 5) is 23.6. The van der Waals surface area contributed by atoms with Gasteiger partial charge in [-0.05, 0) is 35.7 Å². The Balaban J connectivity index is 2.09. The largest absolute Gasteiger partial charge is 0.573 e. The minimum Gasteiger partial charge on any atom is -0.469 e. The van der Waals surface area contributed by atoms with Crippen molar-refractivity contribution in [2.45, 2.75) is 19.2 Å². The van der Waals surface area contributed by atoms with E-state index in [1.165, 1.54) is 25.3 Å². The van der Waals surface area contributed by atoms with E-state index in [1.807, 2.05) is 6.07 Å². The Bertz CT molecular complexity index is 1080. The average molecular weight is 423 g/mol. The quantitative estimate of drug-likeness (QED) is 0.585. The molecule has 0 bridgehead atoms. The number of benzene rings is 2. The third-order valence-electron chi connectivity index (χ3n) is 4.18. The second-order valence-corrected chi connectivity index (χ2v) is 7.20. The number of halogens is 3. The summed E-state index contributed by atoms with van der Waals surface area (Å²) in [5.74, 6) is -1.43. The van der Waals surface area contributed by atoms with E-state index in [0.29, 0.717) is 27.6 Å². The molecule has 2 N–H and O–H groups in total. The molecule has 0 aliphatic heterocycles. The lowest BCUT2D eigenvalue weighted by molar-refractivity contribution is -0.274. The topological polar surface area (TPSA) is 78.6 Å². The summed E-state index contributed by atoms with van der Waals surface area (Å²) in [7, 11) is 1.30. The second-order valence-electron chi connectivity index (χ2n) is 6.15. The van der Waals surface area contributed by atoms with Crippen LogP contribution in [0, 0.1) is 0 Å². The fourth-order valence-electron chi connectivity index (χ4n) is 2.96. The van der Waals surface area contributed by atoms with Gasteiger partial charge < -0.3 is 15.2 Å². The molecular formula is C20H16F3NO4S. The van der Waals surface area contributed by atoms with E-state index in [4.69, 9.17) is 5.73 Å². The van der Waals surface area contributed by atoms with Crippen LogP contribution in [0.4, 0.5) is 13.2 Å². The van der Waals surface area contributed by atoms with Gasteiger partial charge in [0.15, 0.2) is 0 Å². The summed E-state index contributed by atoms with van der Waals surface area (Å²) in [6.07, 6.45) is -4.24. The molecule has 0 saturated heterocycles. The lowest BCUT2D eigenvalue weighted by atomic mass is 9.98. The lowest BCUT2D eigenvalue weighted by Crippen LogP contribution is -2.16. The van der Waals surface area contributed by atoms with E-state index in [0.717, 1.165) is 16.9 Å². The van der Waals surface area contributed by atoms with Gasteiger partial charge in [-0.3, -0.25) is 9.59 Å². The zero-order valence-corrected chi connectivity index (χ0v) is 16.0. The Hall–Kier alpha value is -3.07. The lowest BCUT2D eigenvalue weighted by Gasteiger charge is -2.10. The van der Waals surface area contributed by atoms with Gasteiger partial charge in [0.25, 0.3) is 5.91 Å². The van der Waals surface area contributed by atoms with E-state index in [2.05, 4.69) is 9.47 Å². The number of amides is 1. The number of nitrogens with two attached hydrogens (primary N) is 1. The summed E-state index contributed by atoms with van der Waals surface area (Å²) in [5.41, 5.74) is 7.36. The third kappa shape index (κ3) is 4.86. The molecule has 5 nitrogen and oxygen atoms in total. The zero-order chi connectivity index (χ0) is 21.2. The van der Waals surface area contributed by atoms with Crippen molar-refractivity contribution in [2.75, 3.05) is 7.11 Å². The number of fused-ring (bicyclic) bond motifs is 1. The van der Waals surface area contributed by atoms with Crippen molar-refractivity contribution in [1.29, 1.82) is 0 Å². The predicted octanol–water partition coefficient (Wildman–Crippen LogP) is 4.67. The molecule has 2 aromatic carbocycles. The number of hydrogen-bond donors (Lipinski definition) is 1. The minimum absolute atomic E-state index is 0.177. The fourth-order valence-corrected chi connectivity index (χ4v) is 4.02. The normalized spacial score (nSPS) is 11.4. The van der Waals surface area contributed by atoms with Gasteiger partial charge in [0.2, 0.25) is 0 Å². The molecule has 0 radical (unpaired) electrons. The van der Waals surface area contributed by atoms with Gasteiger partial charge in [0, 0.05) is 22.1 Å². The predicted molar refractivity (Wildman–Crippen MR) is 103 cm³/mol. The first-order chi connectivity index (χ1) is 13.7. The molecule has 3 rings (SSSR count). The standard InChI is InChI=1S/C20H16F3NO4S/c1-27-16(25)8-5-11-3-2-4-12(9-11)17-14-10-13(28-20(21,22)23)6-7-15(14)29-18(17)19(24)26/h2-4,6-7,9-10H,5,8H2,1H3,(H2,24,26). The van der Waals surface area contributed by atoms with Crippen molar-refractivity contribution < 1.29 is 32.2 Å². The SMILES string of the molecule is COC(=O)CCc1cccc(-c2c(C(N)=O)sc3ccc(OC(F)(F)F)cc23)c1. The van der Waals surface area contributed by atoms with Crippen LogP contribution in [0.2, 0.25) is 0 Å². The highest BCUT2D eigenvalue weighted by Gasteiger charge is 2.31. The van der Waals surface area contributed by atoms with Crippen molar-refractivity contribution in [2.24, 2.45) is 5.73 Å². The maximum Gasteiger partial charge on any atom is 0.573 e. The van der Waals surface area contributed by atoms with Gasteiger partial charge in [-0.2, -0.15) is 0 Å². The van der Waals surface area contributed by atoms with E-state index < -0.39 is 12.3 Å². The summed E-state index contributed by atoms with van der Waals surface area (Å²) in [6, 6.07) is 10.9. The van der Waals surface area contributed by atoms with Crippen LogP contribution in [-0.4, -0.2) is 25.3 Å². The molecule has 0 aliphatic carbocycles. The van der Waals surface area contributed by atoms with E-state index in [-0.39, 0.29) is 23.0 Å². The van der Waals surface area contributed by atoms with Crippen LogP contribution in [0.3, 0.4) is 0 Å². The number of carbonyl (C=O) groups is 2. The van der Waals surface area contributed by atoms with Gasteiger partial charge >= 0.3 is 12.3 Å². The van der Waals surface area contributed by atoms with Crippen molar-refractivity contribution in [3.8, 4) is 16.9 Å². The zero-order valence-electron chi connectivity index (χ0n) is 15.2.